The van der Waals surface area contributed by atoms with Gasteiger partial charge in [0.2, 0.25) is 11.0 Å². The molecule has 5 nitrogen and oxygen atoms in total. The Hall–Kier alpha value is -1.79. The number of aryl methyl sites for hydroxylation is 2. The molecule has 1 N–H and O–H groups in total. The Balaban J connectivity index is 1.36. The van der Waals surface area contributed by atoms with Crippen LogP contribution in [0.15, 0.2) is 30.3 Å². The third-order valence-electron chi connectivity index (χ3n) is 4.53. The summed E-state index contributed by atoms with van der Waals surface area (Å²) in [7, 11) is 0. The summed E-state index contributed by atoms with van der Waals surface area (Å²) in [6, 6.07) is 10.7. The summed E-state index contributed by atoms with van der Waals surface area (Å²) in [6.45, 7) is 4.33. The predicted molar refractivity (Wildman–Crippen MR) is 97.2 cm³/mol. The van der Waals surface area contributed by atoms with E-state index in [2.05, 4.69) is 50.7 Å². The van der Waals surface area contributed by atoms with Crippen molar-refractivity contribution in [1.29, 1.82) is 0 Å². The van der Waals surface area contributed by atoms with Crippen LogP contribution < -0.4 is 5.32 Å². The van der Waals surface area contributed by atoms with Gasteiger partial charge in [0, 0.05) is 0 Å². The van der Waals surface area contributed by atoms with Gasteiger partial charge in [-0.05, 0) is 57.2 Å². The van der Waals surface area contributed by atoms with Gasteiger partial charge in [0.1, 0.15) is 5.01 Å². The molecule has 2 heterocycles. The molecule has 0 bridgehead atoms. The van der Waals surface area contributed by atoms with Crippen LogP contribution >= 0.6 is 11.3 Å². The molecular weight excluding hydrogens is 320 g/mol. The first-order valence-corrected chi connectivity index (χ1v) is 9.37. The maximum absolute atomic E-state index is 12.1. The van der Waals surface area contributed by atoms with E-state index >= 15 is 0 Å². The number of hydrogen-bond acceptors (Lipinski definition) is 5. The Bertz CT molecular complexity index is 650. The SMILES string of the molecule is Cc1nnc(NC(=O)CN2CCC(CCc3ccccc3)CC2)s1. The fourth-order valence-corrected chi connectivity index (χ4v) is 3.77. The molecule has 0 aliphatic carbocycles. The van der Waals surface area contributed by atoms with Crippen molar-refractivity contribution in [1.82, 2.24) is 15.1 Å². The largest absolute Gasteiger partial charge is 0.299 e. The molecule has 128 valence electrons. The minimum Gasteiger partial charge on any atom is -0.299 e. The van der Waals surface area contributed by atoms with Gasteiger partial charge in [-0.3, -0.25) is 15.0 Å². The van der Waals surface area contributed by atoms with E-state index in [9.17, 15) is 4.79 Å². The highest BCUT2D eigenvalue weighted by atomic mass is 32.1. The number of nitrogens with one attached hydrogen (secondary N) is 1. The van der Waals surface area contributed by atoms with Crippen LogP contribution in [0.25, 0.3) is 0 Å². The summed E-state index contributed by atoms with van der Waals surface area (Å²) in [5.74, 6) is 0.782. The van der Waals surface area contributed by atoms with Crippen molar-refractivity contribution in [2.75, 3.05) is 25.0 Å². The van der Waals surface area contributed by atoms with Crippen molar-refractivity contribution in [2.45, 2.75) is 32.6 Å². The molecule has 1 aliphatic heterocycles. The van der Waals surface area contributed by atoms with Crippen LogP contribution in [0.2, 0.25) is 0 Å². The van der Waals surface area contributed by atoms with E-state index in [-0.39, 0.29) is 5.91 Å². The molecule has 2 aromatic rings. The van der Waals surface area contributed by atoms with Gasteiger partial charge in [0.05, 0.1) is 6.54 Å². The number of benzene rings is 1. The fourth-order valence-electron chi connectivity index (χ4n) is 3.16. The first-order valence-electron chi connectivity index (χ1n) is 8.55. The van der Waals surface area contributed by atoms with Crippen LogP contribution in [0, 0.1) is 12.8 Å². The number of likely N-dealkylation sites (tertiary alicyclic amines) is 1. The summed E-state index contributed by atoms with van der Waals surface area (Å²) in [6.07, 6.45) is 4.76. The maximum atomic E-state index is 12.1. The predicted octanol–water partition coefficient (Wildman–Crippen LogP) is 3.13. The van der Waals surface area contributed by atoms with Crippen molar-refractivity contribution in [2.24, 2.45) is 5.92 Å². The Kier molecular flexibility index (Phi) is 5.93. The van der Waals surface area contributed by atoms with Gasteiger partial charge in [0.25, 0.3) is 0 Å². The van der Waals surface area contributed by atoms with Crippen molar-refractivity contribution < 1.29 is 4.79 Å². The third-order valence-corrected chi connectivity index (χ3v) is 5.28. The van der Waals surface area contributed by atoms with E-state index < -0.39 is 0 Å². The lowest BCUT2D eigenvalue weighted by atomic mass is 9.90. The van der Waals surface area contributed by atoms with Crippen molar-refractivity contribution >= 4 is 22.4 Å². The average Bonchev–Trinajstić information content (AvgIpc) is 3.00. The first kappa shape index (κ1) is 17.0. The molecule has 0 saturated carbocycles. The zero-order valence-electron chi connectivity index (χ0n) is 14.1. The molecule has 6 heteroatoms. The highest BCUT2D eigenvalue weighted by Crippen LogP contribution is 2.22. The van der Waals surface area contributed by atoms with Crippen LogP contribution in [0.1, 0.15) is 29.8 Å². The summed E-state index contributed by atoms with van der Waals surface area (Å²) < 4.78 is 0. The van der Waals surface area contributed by atoms with E-state index in [0.717, 1.165) is 30.4 Å². The third kappa shape index (κ3) is 5.11. The number of hydrogen-bond donors (Lipinski definition) is 1. The van der Waals surface area contributed by atoms with Crippen LogP contribution in [-0.2, 0) is 11.2 Å². The van der Waals surface area contributed by atoms with Gasteiger partial charge in [-0.1, -0.05) is 41.7 Å². The second-order valence-corrected chi connectivity index (χ2v) is 7.60. The number of piperidine rings is 1. The number of amides is 1. The molecule has 1 amide bonds. The summed E-state index contributed by atoms with van der Waals surface area (Å²) in [5.41, 5.74) is 1.42. The molecule has 0 spiro atoms. The Labute approximate surface area is 147 Å². The van der Waals surface area contributed by atoms with E-state index in [1.54, 1.807) is 0 Å². The van der Waals surface area contributed by atoms with Crippen LogP contribution in [0.5, 0.6) is 0 Å². The molecule has 0 atom stereocenters. The maximum Gasteiger partial charge on any atom is 0.240 e. The Morgan fingerprint density at radius 3 is 2.67 bits per heavy atom. The second-order valence-electron chi connectivity index (χ2n) is 6.42. The molecule has 3 rings (SSSR count). The van der Waals surface area contributed by atoms with Gasteiger partial charge in [0.15, 0.2) is 0 Å². The number of aromatic nitrogens is 2. The monoisotopic (exact) mass is 344 g/mol. The molecular formula is C18H24N4OS. The van der Waals surface area contributed by atoms with Gasteiger partial charge < -0.3 is 0 Å². The van der Waals surface area contributed by atoms with E-state index in [4.69, 9.17) is 0 Å². The van der Waals surface area contributed by atoms with Crippen LogP contribution in [0.3, 0.4) is 0 Å². The quantitative estimate of drug-likeness (QED) is 0.875. The van der Waals surface area contributed by atoms with E-state index in [0.29, 0.717) is 11.7 Å². The number of carbonyl (C=O) groups excluding carboxylic acids is 1. The summed E-state index contributed by atoms with van der Waals surface area (Å²) >= 11 is 1.41. The molecule has 24 heavy (non-hydrogen) atoms. The van der Waals surface area contributed by atoms with Crippen molar-refractivity contribution in [3.8, 4) is 0 Å². The van der Waals surface area contributed by atoms with E-state index in [1.165, 1.54) is 36.2 Å². The zero-order chi connectivity index (χ0) is 16.8. The van der Waals surface area contributed by atoms with Gasteiger partial charge in [-0.15, -0.1) is 10.2 Å². The van der Waals surface area contributed by atoms with E-state index in [1.807, 2.05) is 6.92 Å². The minimum atomic E-state index is 0.00823. The summed E-state index contributed by atoms with van der Waals surface area (Å²) in [5, 5.41) is 12.1. The average molecular weight is 344 g/mol. The standard InChI is InChI=1S/C18H24N4OS/c1-14-20-21-18(24-14)19-17(23)13-22-11-9-16(10-12-22)8-7-15-5-3-2-4-6-15/h2-6,16H,7-13H2,1H3,(H,19,21,23). The summed E-state index contributed by atoms with van der Waals surface area (Å²) in [4.78, 5) is 14.3. The van der Waals surface area contributed by atoms with Crippen LogP contribution in [-0.4, -0.2) is 40.6 Å². The zero-order valence-corrected chi connectivity index (χ0v) is 14.9. The molecule has 1 aliphatic rings. The Morgan fingerprint density at radius 2 is 2.00 bits per heavy atom. The molecule has 1 aromatic carbocycles. The van der Waals surface area contributed by atoms with Crippen LogP contribution in [0.4, 0.5) is 5.13 Å². The molecule has 1 fully saturated rings. The lowest BCUT2D eigenvalue weighted by molar-refractivity contribution is -0.117. The Morgan fingerprint density at radius 1 is 1.25 bits per heavy atom. The molecule has 1 aromatic heterocycles. The van der Waals surface area contributed by atoms with Gasteiger partial charge >= 0.3 is 0 Å². The fraction of sp³-hybridized carbons (Fsp3) is 0.500. The van der Waals surface area contributed by atoms with Gasteiger partial charge in [-0.25, -0.2) is 0 Å². The molecule has 0 radical (unpaired) electrons. The number of rotatable bonds is 6. The van der Waals surface area contributed by atoms with Gasteiger partial charge in [-0.2, -0.15) is 0 Å². The van der Waals surface area contributed by atoms with Crippen molar-refractivity contribution in [3.63, 3.8) is 0 Å². The second kappa shape index (κ2) is 8.35. The normalized spacial score (nSPS) is 16.2. The van der Waals surface area contributed by atoms with Crippen molar-refractivity contribution in [3.05, 3.63) is 40.9 Å². The number of nitrogens with zero attached hydrogens (tertiary/aromatic N) is 3. The molecule has 0 unspecified atom stereocenters. The topological polar surface area (TPSA) is 58.1 Å². The lowest BCUT2D eigenvalue weighted by Crippen LogP contribution is -2.39. The first-order chi connectivity index (χ1) is 11.7. The number of carbonyl (C=O) groups is 1. The lowest BCUT2D eigenvalue weighted by Gasteiger charge is -2.31. The highest BCUT2D eigenvalue weighted by Gasteiger charge is 2.21. The smallest absolute Gasteiger partial charge is 0.240 e. The number of anilines is 1. The minimum absolute atomic E-state index is 0.00823. The highest BCUT2D eigenvalue weighted by molar-refractivity contribution is 7.15. The molecule has 1 saturated heterocycles.